The predicted octanol–water partition coefficient (Wildman–Crippen LogP) is 3.51. The molecule has 3 rings (SSSR count). The molecule has 0 unspecified atom stereocenters. The summed E-state index contributed by atoms with van der Waals surface area (Å²) in [7, 11) is 0. The van der Waals surface area contributed by atoms with E-state index in [0.29, 0.717) is 6.04 Å². The molecule has 1 fully saturated rings. The molecule has 0 aliphatic heterocycles. The zero-order chi connectivity index (χ0) is 13.9. The maximum Gasteiger partial charge on any atom is 0.169 e. The van der Waals surface area contributed by atoms with Gasteiger partial charge in [0.25, 0.3) is 0 Å². The smallest absolute Gasteiger partial charge is 0.169 e. The number of nitrogens with zero attached hydrogens (tertiary/aromatic N) is 2. The molecule has 0 radical (unpaired) electrons. The molecule has 0 N–H and O–H groups in total. The third-order valence-corrected chi connectivity index (χ3v) is 4.62. The van der Waals surface area contributed by atoms with Crippen LogP contribution in [0.3, 0.4) is 0 Å². The van der Waals surface area contributed by atoms with E-state index in [1.54, 1.807) is 18.3 Å². The number of Topliss-reactive ketones (excluding diaryl/α,β-unsaturated/α-hetero) is 1. The summed E-state index contributed by atoms with van der Waals surface area (Å²) in [6.07, 6.45) is 4.39. The van der Waals surface area contributed by atoms with Crippen LogP contribution in [0, 0.1) is 0 Å². The second-order valence-electron chi connectivity index (χ2n) is 5.33. The van der Waals surface area contributed by atoms with Crippen LogP contribution in [0.15, 0.2) is 35.8 Å². The molecule has 20 heavy (non-hydrogen) atoms. The van der Waals surface area contributed by atoms with Gasteiger partial charge in [-0.15, -0.1) is 11.3 Å². The number of aromatic nitrogens is 1. The highest BCUT2D eigenvalue weighted by molar-refractivity contribution is 7.12. The Bertz CT molecular complexity index is 590. The normalized spacial score (nSPS) is 14.7. The van der Waals surface area contributed by atoms with E-state index in [4.69, 9.17) is 0 Å². The van der Waals surface area contributed by atoms with Crippen LogP contribution >= 0.6 is 11.3 Å². The average molecular weight is 286 g/mol. The maximum atomic E-state index is 11.4. The van der Waals surface area contributed by atoms with E-state index in [0.717, 1.165) is 23.7 Å². The number of thiophene rings is 1. The summed E-state index contributed by atoms with van der Waals surface area (Å²) in [5, 5.41) is 2.10. The Morgan fingerprint density at radius 1 is 1.40 bits per heavy atom. The van der Waals surface area contributed by atoms with Crippen LogP contribution in [0.4, 0.5) is 0 Å². The van der Waals surface area contributed by atoms with Crippen molar-refractivity contribution in [2.45, 2.75) is 38.9 Å². The van der Waals surface area contributed by atoms with Gasteiger partial charge in [-0.2, -0.15) is 0 Å². The first-order valence-electron chi connectivity index (χ1n) is 6.94. The lowest BCUT2D eigenvalue weighted by Crippen LogP contribution is -2.25. The largest absolute Gasteiger partial charge is 0.294 e. The molecule has 2 aromatic rings. The molecule has 0 atom stereocenters. The minimum atomic E-state index is 0.156. The van der Waals surface area contributed by atoms with Crippen LogP contribution in [0.2, 0.25) is 0 Å². The average Bonchev–Trinajstić information content (AvgIpc) is 3.19. The van der Waals surface area contributed by atoms with Crippen molar-refractivity contribution in [2.75, 3.05) is 0 Å². The van der Waals surface area contributed by atoms with E-state index in [1.165, 1.54) is 18.4 Å². The van der Waals surface area contributed by atoms with Crippen molar-refractivity contribution >= 4 is 17.1 Å². The van der Waals surface area contributed by atoms with Crippen LogP contribution in [0.25, 0.3) is 0 Å². The van der Waals surface area contributed by atoms with E-state index < -0.39 is 0 Å². The molecule has 2 aromatic heterocycles. The van der Waals surface area contributed by atoms with Gasteiger partial charge < -0.3 is 0 Å². The first-order chi connectivity index (χ1) is 9.72. The third kappa shape index (κ3) is 3.32. The lowest BCUT2D eigenvalue weighted by Gasteiger charge is -2.20. The summed E-state index contributed by atoms with van der Waals surface area (Å²) < 4.78 is 0. The van der Waals surface area contributed by atoms with Crippen molar-refractivity contribution in [1.29, 1.82) is 0 Å². The van der Waals surface area contributed by atoms with Crippen LogP contribution in [-0.2, 0) is 13.1 Å². The molecule has 0 saturated heterocycles. The Balaban J connectivity index is 1.69. The first kappa shape index (κ1) is 13.5. The van der Waals surface area contributed by atoms with E-state index >= 15 is 0 Å². The monoisotopic (exact) mass is 286 g/mol. The Hall–Kier alpha value is -1.52. The van der Waals surface area contributed by atoms with Gasteiger partial charge in [0, 0.05) is 25.3 Å². The SMILES string of the molecule is CC(=O)c1cc(CN(Cc2ccccn2)C2CC2)cs1. The van der Waals surface area contributed by atoms with Crippen molar-refractivity contribution in [2.24, 2.45) is 0 Å². The molecule has 1 aliphatic carbocycles. The fourth-order valence-electron chi connectivity index (χ4n) is 2.33. The number of carbonyl (C=O) groups excluding carboxylic acids is 1. The molecule has 1 saturated carbocycles. The maximum absolute atomic E-state index is 11.4. The van der Waals surface area contributed by atoms with Crippen molar-refractivity contribution in [3.05, 3.63) is 52.0 Å². The molecule has 104 valence electrons. The summed E-state index contributed by atoms with van der Waals surface area (Å²) in [5.74, 6) is 0.156. The topological polar surface area (TPSA) is 33.2 Å². The standard InChI is InChI=1S/C16H18N2OS/c1-12(19)16-8-13(11-20-16)9-18(15-5-6-15)10-14-4-2-3-7-17-14/h2-4,7-8,11,15H,5-6,9-10H2,1H3. The second kappa shape index (κ2) is 5.85. The quantitative estimate of drug-likeness (QED) is 0.762. The lowest BCUT2D eigenvalue weighted by molar-refractivity contribution is 0.102. The highest BCUT2D eigenvalue weighted by atomic mass is 32.1. The summed E-state index contributed by atoms with van der Waals surface area (Å²) in [6, 6.07) is 8.76. The molecule has 0 aromatic carbocycles. The van der Waals surface area contributed by atoms with Gasteiger partial charge in [-0.3, -0.25) is 14.7 Å². The Kier molecular flexibility index (Phi) is 3.94. The number of carbonyl (C=O) groups is 1. The first-order valence-corrected chi connectivity index (χ1v) is 7.82. The molecular formula is C16H18N2OS. The molecule has 2 heterocycles. The second-order valence-corrected chi connectivity index (χ2v) is 6.24. The molecule has 0 spiro atoms. The van der Waals surface area contributed by atoms with Gasteiger partial charge >= 0.3 is 0 Å². The van der Waals surface area contributed by atoms with Crippen molar-refractivity contribution in [3.63, 3.8) is 0 Å². The van der Waals surface area contributed by atoms with Gasteiger partial charge in [0.15, 0.2) is 5.78 Å². The summed E-state index contributed by atoms with van der Waals surface area (Å²) in [4.78, 5) is 19.1. The van der Waals surface area contributed by atoms with E-state index in [2.05, 4.69) is 21.3 Å². The van der Waals surface area contributed by atoms with Crippen molar-refractivity contribution in [3.8, 4) is 0 Å². The van der Waals surface area contributed by atoms with E-state index in [-0.39, 0.29) is 5.78 Å². The zero-order valence-electron chi connectivity index (χ0n) is 11.6. The Morgan fingerprint density at radius 3 is 2.85 bits per heavy atom. The van der Waals surface area contributed by atoms with E-state index in [9.17, 15) is 4.79 Å². The predicted molar refractivity (Wildman–Crippen MR) is 80.8 cm³/mol. The molecule has 0 amide bonds. The fraction of sp³-hybridized carbons (Fsp3) is 0.375. The van der Waals surface area contributed by atoms with Crippen molar-refractivity contribution in [1.82, 2.24) is 9.88 Å². The highest BCUT2D eigenvalue weighted by Gasteiger charge is 2.29. The molecule has 1 aliphatic rings. The minimum Gasteiger partial charge on any atom is -0.294 e. The number of rotatable bonds is 6. The van der Waals surface area contributed by atoms with Gasteiger partial charge in [-0.1, -0.05) is 6.07 Å². The zero-order valence-corrected chi connectivity index (χ0v) is 12.4. The molecule has 4 heteroatoms. The number of ketones is 1. The van der Waals surface area contributed by atoms with Gasteiger partial charge in [-0.05, 0) is 48.9 Å². The van der Waals surface area contributed by atoms with Gasteiger partial charge in [-0.25, -0.2) is 0 Å². The van der Waals surface area contributed by atoms with E-state index in [1.807, 2.05) is 24.4 Å². The molecular weight excluding hydrogens is 268 g/mol. The Labute approximate surface area is 123 Å². The third-order valence-electron chi connectivity index (χ3n) is 3.54. The lowest BCUT2D eigenvalue weighted by atomic mass is 10.2. The minimum absolute atomic E-state index is 0.156. The van der Waals surface area contributed by atoms with Crippen LogP contribution in [-0.4, -0.2) is 21.7 Å². The highest BCUT2D eigenvalue weighted by Crippen LogP contribution is 2.30. The van der Waals surface area contributed by atoms with Crippen molar-refractivity contribution < 1.29 is 4.79 Å². The Morgan fingerprint density at radius 2 is 2.25 bits per heavy atom. The molecule has 3 nitrogen and oxygen atoms in total. The van der Waals surface area contributed by atoms with Crippen LogP contribution in [0.1, 0.15) is 40.7 Å². The number of pyridine rings is 1. The van der Waals surface area contributed by atoms with Crippen LogP contribution in [0.5, 0.6) is 0 Å². The summed E-state index contributed by atoms with van der Waals surface area (Å²) >= 11 is 1.55. The fourth-order valence-corrected chi connectivity index (χ4v) is 3.14. The van der Waals surface area contributed by atoms with Gasteiger partial charge in [0.1, 0.15) is 0 Å². The molecule has 0 bridgehead atoms. The van der Waals surface area contributed by atoms with Crippen LogP contribution < -0.4 is 0 Å². The number of hydrogen-bond donors (Lipinski definition) is 0. The summed E-state index contributed by atoms with van der Waals surface area (Å²) in [5.41, 5.74) is 2.35. The van der Waals surface area contributed by atoms with Gasteiger partial charge in [0.2, 0.25) is 0 Å². The van der Waals surface area contributed by atoms with Gasteiger partial charge in [0.05, 0.1) is 10.6 Å². The number of hydrogen-bond acceptors (Lipinski definition) is 4. The summed E-state index contributed by atoms with van der Waals surface area (Å²) in [6.45, 7) is 3.42.